The summed E-state index contributed by atoms with van der Waals surface area (Å²) >= 11 is 0. The summed E-state index contributed by atoms with van der Waals surface area (Å²) in [6, 6.07) is 3.29. The molecule has 1 saturated carbocycles. The van der Waals surface area contributed by atoms with Gasteiger partial charge in [-0.25, -0.2) is 8.42 Å². The van der Waals surface area contributed by atoms with Crippen LogP contribution in [0.25, 0.3) is 0 Å². The largest absolute Gasteiger partial charge is 0.416 e. The highest BCUT2D eigenvalue weighted by atomic mass is 32.2. The van der Waals surface area contributed by atoms with Crippen LogP contribution in [0.4, 0.5) is 13.2 Å². The molecule has 0 bridgehead atoms. The smallest absolute Gasteiger partial charge is 0.338 e. The molecule has 34 heavy (non-hydrogen) atoms. The lowest BCUT2D eigenvalue weighted by Crippen LogP contribution is -2.52. The average Bonchev–Trinajstić information content (AvgIpc) is 3.33. The third-order valence-corrected chi connectivity index (χ3v) is 8.94. The molecule has 1 aromatic rings. The molecule has 1 aliphatic heterocycles. The first-order valence-corrected chi connectivity index (χ1v) is 13.3. The molecular formula is C24H36F3N3O3S. The zero-order valence-corrected chi connectivity index (χ0v) is 21.3. The summed E-state index contributed by atoms with van der Waals surface area (Å²) in [6.45, 7) is 9.36. The number of sulfonamides is 1. The molecule has 10 heteroatoms. The molecule has 0 spiro atoms. The first-order valence-electron chi connectivity index (χ1n) is 11.8. The van der Waals surface area contributed by atoms with E-state index in [1.807, 2.05) is 11.8 Å². The van der Waals surface area contributed by atoms with E-state index in [-0.39, 0.29) is 46.7 Å². The van der Waals surface area contributed by atoms with Gasteiger partial charge in [0.25, 0.3) is 0 Å². The van der Waals surface area contributed by atoms with Crippen LogP contribution in [0.1, 0.15) is 52.5 Å². The number of alkyl halides is 3. The van der Waals surface area contributed by atoms with E-state index >= 15 is 0 Å². The Morgan fingerprint density at radius 3 is 2.26 bits per heavy atom. The van der Waals surface area contributed by atoms with Crippen LogP contribution in [-0.2, 0) is 21.0 Å². The summed E-state index contributed by atoms with van der Waals surface area (Å²) in [4.78, 5) is 15.2. The van der Waals surface area contributed by atoms with Gasteiger partial charge in [-0.2, -0.15) is 17.5 Å². The number of hydrogen-bond donors (Lipinski definition) is 1. The molecule has 0 radical (unpaired) electrons. The highest BCUT2D eigenvalue weighted by molar-refractivity contribution is 7.89. The molecule has 4 atom stereocenters. The molecule has 1 N–H and O–H groups in total. The minimum Gasteiger partial charge on any atom is -0.338 e. The first-order chi connectivity index (χ1) is 15.7. The number of benzene rings is 1. The Kier molecular flexibility index (Phi) is 7.75. The number of likely N-dealkylation sites (N-methyl/N-ethyl adjacent to an activating group) is 2. The number of carbonyl (C=O) groups excluding carboxylic acids is 1. The number of halogens is 3. The molecular weight excluding hydrogens is 467 g/mol. The fraction of sp³-hybridized carbons (Fsp3) is 0.708. The third kappa shape index (κ3) is 5.60. The number of nitrogens with one attached hydrogen (secondary N) is 1. The number of amides is 1. The Morgan fingerprint density at radius 2 is 1.76 bits per heavy atom. The normalized spacial score (nSPS) is 24.8. The van der Waals surface area contributed by atoms with Crippen molar-refractivity contribution >= 4 is 15.9 Å². The first kappa shape index (κ1) is 26.9. The van der Waals surface area contributed by atoms with Crippen molar-refractivity contribution in [1.82, 2.24) is 14.5 Å². The SMILES string of the molecule is CCN(C(=O)[C@H](CC(C)(C)C)NC)[C@H]1CC[C@@H]2CN(S(=O)(=O)c3ccc(C(F)(F)F)cc3)C[C@@H]21. The van der Waals surface area contributed by atoms with Crippen molar-refractivity contribution in [2.45, 2.75) is 70.1 Å². The van der Waals surface area contributed by atoms with Gasteiger partial charge in [0.15, 0.2) is 0 Å². The Labute approximate surface area is 200 Å². The number of hydrogen-bond acceptors (Lipinski definition) is 4. The predicted octanol–water partition coefficient (Wildman–Crippen LogP) is 3.98. The van der Waals surface area contributed by atoms with E-state index in [0.29, 0.717) is 19.5 Å². The van der Waals surface area contributed by atoms with Crippen LogP contribution < -0.4 is 5.32 Å². The third-order valence-electron chi connectivity index (χ3n) is 7.09. The lowest BCUT2D eigenvalue weighted by Gasteiger charge is -2.36. The topological polar surface area (TPSA) is 69.7 Å². The molecule has 6 nitrogen and oxygen atoms in total. The van der Waals surface area contributed by atoms with Crippen molar-refractivity contribution < 1.29 is 26.4 Å². The lowest BCUT2D eigenvalue weighted by atomic mass is 9.87. The van der Waals surface area contributed by atoms with Gasteiger partial charge in [0.05, 0.1) is 16.5 Å². The molecule has 1 aromatic carbocycles. The fourth-order valence-corrected chi connectivity index (χ4v) is 6.96. The van der Waals surface area contributed by atoms with Crippen molar-refractivity contribution in [3.63, 3.8) is 0 Å². The molecule has 192 valence electrons. The van der Waals surface area contributed by atoms with Gasteiger partial charge in [0.1, 0.15) is 0 Å². The van der Waals surface area contributed by atoms with Crippen LogP contribution in [0, 0.1) is 17.3 Å². The Balaban J connectivity index is 1.76. The number of fused-ring (bicyclic) bond motifs is 1. The Hall–Kier alpha value is -1.65. The highest BCUT2D eigenvalue weighted by Gasteiger charge is 2.49. The fourth-order valence-electron chi connectivity index (χ4n) is 5.42. The van der Waals surface area contributed by atoms with Crippen LogP contribution >= 0.6 is 0 Å². The standard InChI is InChI=1S/C24H36F3N3O3S/c1-6-30(22(31)20(28-5)13-23(2,3)4)21-12-7-16-14-29(15-19(16)21)34(32,33)18-10-8-17(9-11-18)24(25,26)27/h8-11,16,19-21,28H,6-7,12-15H2,1-5H3/t16-,19+,20+,21+/m1/s1. The van der Waals surface area contributed by atoms with Crippen molar-refractivity contribution in [2.75, 3.05) is 26.7 Å². The summed E-state index contributed by atoms with van der Waals surface area (Å²) in [5, 5.41) is 3.15. The van der Waals surface area contributed by atoms with E-state index in [2.05, 4.69) is 26.1 Å². The molecule has 1 aliphatic carbocycles. The summed E-state index contributed by atoms with van der Waals surface area (Å²) in [7, 11) is -2.13. The molecule has 3 rings (SSSR count). The summed E-state index contributed by atoms with van der Waals surface area (Å²) < 4.78 is 66.3. The van der Waals surface area contributed by atoms with Gasteiger partial charge in [0, 0.05) is 25.7 Å². The van der Waals surface area contributed by atoms with E-state index < -0.39 is 21.8 Å². The van der Waals surface area contributed by atoms with E-state index in [0.717, 1.165) is 37.1 Å². The number of rotatable bonds is 7. The molecule has 1 amide bonds. The van der Waals surface area contributed by atoms with Gasteiger partial charge in [-0.3, -0.25) is 4.79 Å². The van der Waals surface area contributed by atoms with Crippen LogP contribution in [0.3, 0.4) is 0 Å². The number of nitrogens with zero attached hydrogens (tertiary/aromatic N) is 2. The van der Waals surface area contributed by atoms with Gasteiger partial charge >= 0.3 is 6.18 Å². The lowest BCUT2D eigenvalue weighted by molar-refractivity contribution is -0.138. The number of carbonyl (C=O) groups is 1. The van der Waals surface area contributed by atoms with Crippen molar-refractivity contribution in [2.24, 2.45) is 17.3 Å². The summed E-state index contributed by atoms with van der Waals surface area (Å²) in [5.74, 6) is 0.182. The zero-order chi connectivity index (χ0) is 25.5. The van der Waals surface area contributed by atoms with Gasteiger partial charge in [-0.15, -0.1) is 0 Å². The van der Waals surface area contributed by atoms with E-state index in [4.69, 9.17) is 0 Å². The van der Waals surface area contributed by atoms with Crippen molar-refractivity contribution in [3.05, 3.63) is 29.8 Å². The maximum atomic E-state index is 13.4. The molecule has 0 unspecified atom stereocenters. The Bertz CT molecular complexity index is 974. The molecule has 2 aliphatic rings. The zero-order valence-electron chi connectivity index (χ0n) is 20.5. The monoisotopic (exact) mass is 503 g/mol. The van der Waals surface area contributed by atoms with E-state index in [1.54, 1.807) is 7.05 Å². The van der Waals surface area contributed by atoms with Gasteiger partial charge in [-0.05, 0) is 74.8 Å². The molecule has 0 aromatic heterocycles. The van der Waals surface area contributed by atoms with E-state index in [9.17, 15) is 26.4 Å². The summed E-state index contributed by atoms with van der Waals surface area (Å²) in [6.07, 6.45) is -2.18. The second kappa shape index (κ2) is 9.78. The highest BCUT2D eigenvalue weighted by Crippen LogP contribution is 2.43. The van der Waals surface area contributed by atoms with Crippen molar-refractivity contribution in [3.8, 4) is 0 Å². The van der Waals surface area contributed by atoms with E-state index in [1.165, 1.54) is 4.31 Å². The Morgan fingerprint density at radius 1 is 1.15 bits per heavy atom. The maximum Gasteiger partial charge on any atom is 0.416 e. The second-order valence-corrected chi connectivity index (χ2v) is 12.6. The van der Waals surface area contributed by atoms with Crippen LogP contribution in [-0.4, -0.2) is 62.3 Å². The van der Waals surface area contributed by atoms with Gasteiger partial charge < -0.3 is 10.2 Å². The van der Waals surface area contributed by atoms with Crippen LogP contribution in [0.5, 0.6) is 0 Å². The van der Waals surface area contributed by atoms with Crippen LogP contribution in [0.15, 0.2) is 29.2 Å². The van der Waals surface area contributed by atoms with Gasteiger partial charge in [-0.1, -0.05) is 20.8 Å². The predicted molar refractivity (Wildman–Crippen MR) is 125 cm³/mol. The molecule has 1 heterocycles. The summed E-state index contributed by atoms with van der Waals surface area (Å²) in [5.41, 5.74) is -0.905. The minimum absolute atomic E-state index is 0.0141. The quantitative estimate of drug-likeness (QED) is 0.611. The maximum absolute atomic E-state index is 13.4. The minimum atomic E-state index is -4.52. The average molecular weight is 504 g/mol. The molecule has 1 saturated heterocycles. The molecule has 2 fully saturated rings. The van der Waals surface area contributed by atoms with Crippen molar-refractivity contribution in [1.29, 1.82) is 0 Å². The van der Waals surface area contributed by atoms with Crippen LogP contribution in [0.2, 0.25) is 0 Å². The van der Waals surface area contributed by atoms with Gasteiger partial charge in [0.2, 0.25) is 15.9 Å². The second-order valence-electron chi connectivity index (χ2n) is 10.6.